The van der Waals surface area contributed by atoms with Gasteiger partial charge in [-0.25, -0.2) is 14.8 Å². The molecule has 0 unspecified atom stereocenters. The highest BCUT2D eigenvalue weighted by Gasteiger charge is 2.15. The monoisotopic (exact) mass is 223 g/mol. The van der Waals surface area contributed by atoms with Crippen molar-refractivity contribution in [2.75, 3.05) is 0 Å². The Morgan fingerprint density at radius 2 is 1.94 bits per heavy atom. The maximum Gasteiger partial charge on any atom is 0.407 e. The summed E-state index contributed by atoms with van der Waals surface area (Å²) in [6, 6.07) is 0. The first-order chi connectivity index (χ1) is 7.37. The molecule has 0 bridgehead atoms. The van der Waals surface area contributed by atoms with Crippen LogP contribution in [-0.2, 0) is 11.3 Å². The molecule has 0 radical (unpaired) electrons. The molecule has 1 rings (SSSR count). The molecule has 1 aromatic heterocycles. The maximum atomic E-state index is 11.3. The van der Waals surface area contributed by atoms with Crippen LogP contribution >= 0.6 is 0 Å². The van der Waals surface area contributed by atoms with Gasteiger partial charge in [-0.3, -0.25) is 0 Å². The second-order valence-corrected chi connectivity index (χ2v) is 4.49. The summed E-state index contributed by atoms with van der Waals surface area (Å²) in [6.45, 7) is 7.64. The number of hydrogen-bond acceptors (Lipinski definition) is 4. The first-order valence-corrected chi connectivity index (χ1v) is 5.11. The average molecular weight is 223 g/mol. The van der Waals surface area contributed by atoms with Crippen molar-refractivity contribution in [2.24, 2.45) is 0 Å². The van der Waals surface area contributed by atoms with Gasteiger partial charge in [0.2, 0.25) is 0 Å². The third kappa shape index (κ3) is 4.72. The zero-order valence-corrected chi connectivity index (χ0v) is 10.1. The Bertz CT molecular complexity index is 354. The summed E-state index contributed by atoms with van der Waals surface area (Å²) in [7, 11) is 0. The molecule has 16 heavy (non-hydrogen) atoms. The number of aryl methyl sites for hydroxylation is 1. The standard InChI is InChI=1S/C11H17N3O2/c1-8-12-5-9(6-13-8)7-14-10(15)16-11(2,3)4/h5-6H,7H2,1-4H3,(H,14,15). The number of carbonyl (C=O) groups excluding carboxylic acids is 1. The van der Waals surface area contributed by atoms with Crippen LogP contribution in [0.25, 0.3) is 0 Å². The second-order valence-electron chi connectivity index (χ2n) is 4.49. The molecule has 0 aliphatic carbocycles. The molecule has 0 aromatic carbocycles. The van der Waals surface area contributed by atoms with Gasteiger partial charge in [0.25, 0.3) is 0 Å². The van der Waals surface area contributed by atoms with Crippen LogP contribution in [0.3, 0.4) is 0 Å². The molecule has 0 saturated heterocycles. The van der Waals surface area contributed by atoms with E-state index in [0.29, 0.717) is 12.4 Å². The smallest absolute Gasteiger partial charge is 0.407 e. The minimum atomic E-state index is -0.478. The van der Waals surface area contributed by atoms with Crippen LogP contribution in [-0.4, -0.2) is 21.7 Å². The molecule has 1 amide bonds. The molecule has 1 N–H and O–H groups in total. The van der Waals surface area contributed by atoms with E-state index in [1.165, 1.54) is 0 Å². The summed E-state index contributed by atoms with van der Waals surface area (Å²) in [6.07, 6.45) is 2.92. The lowest BCUT2D eigenvalue weighted by Gasteiger charge is -2.19. The highest BCUT2D eigenvalue weighted by molar-refractivity contribution is 5.67. The Hall–Kier alpha value is -1.65. The van der Waals surface area contributed by atoms with Crippen molar-refractivity contribution in [1.29, 1.82) is 0 Å². The summed E-state index contributed by atoms with van der Waals surface area (Å²) in [5.74, 6) is 0.709. The topological polar surface area (TPSA) is 64.1 Å². The van der Waals surface area contributed by atoms with Gasteiger partial charge in [-0.1, -0.05) is 0 Å². The molecule has 0 fully saturated rings. The van der Waals surface area contributed by atoms with Crippen LogP contribution < -0.4 is 5.32 Å². The molecular weight excluding hydrogens is 206 g/mol. The fraction of sp³-hybridized carbons (Fsp3) is 0.545. The normalized spacial score (nSPS) is 11.0. The Morgan fingerprint density at radius 3 is 2.44 bits per heavy atom. The van der Waals surface area contributed by atoms with Gasteiger partial charge in [0.1, 0.15) is 11.4 Å². The predicted molar refractivity (Wildman–Crippen MR) is 59.8 cm³/mol. The summed E-state index contributed by atoms with van der Waals surface area (Å²) >= 11 is 0. The number of ether oxygens (including phenoxy) is 1. The van der Waals surface area contributed by atoms with Crippen LogP contribution in [0.5, 0.6) is 0 Å². The molecule has 0 atom stereocenters. The third-order valence-electron chi connectivity index (χ3n) is 1.67. The number of alkyl carbamates (subject to hydrolysis) is 1. The predicted octanol–water partition coefficient (Wildman–Crippen LogP) is 1.81. The SMILES string of the molecule is Cc1ncc(CNC(=O)OC(C)(C)C)cn1. The Morgan fingerprint density at radius 1 is 1.38 bits per heavy atom. The molecule has 0 aliphatic rings. The number of nitrogens with zero attached hydrogens (tertiary/aromatic N) is 2. The van der Waals surface area contributed by atoms with Gasteiger partial charge < -0.3 is 10.1 Å². The van der Waals surface area contributed by atoms with Gasteiger partial charge in [0, 0.05) is 24.5 Å². The lowest BCUT2D eigenvalue weighted by atomic mass is 10.2. The highest BCUT2D eigenvalue weighted by atomic mass is 16.6. The van der Waals surface area contributed by atoms with Gasteiger partial charge in [-0.05, 0) is 27.7 Å². The van der Waals surface area contributed by atoms with Crippen molar-refractivity contribution in [2.45, 2.75) is 39.8 Å². The number of hydrogen-bond donors (Lipinski definition) is 1. The third-order valence-corrected chi connectivity index (χ3v) is 1.67. The van der Waals surface area contributed by atoms with E-state index >= 15 is 0 Å². The molecule has 0 saturated carbocycles. The van der Waals surface area contributed by atoms with Gasteiger partial charge in [0.15, 0.2) is 0 Å². The van der Waals surface area contributed by atoms with E-state index in [-0.39, 0.29) is 0 Å². The summed E-state index contributed by atoms with van der Waals surface area (Å²) in [5.41, 5.74) is 0.366. The molecule has 0 spiro atoms. The van der Waals surface area contributed by atoms with Gasteiger partial charge in [0.05, 0.1) is 0 Å². The Kier molecular flexibility index (Phi) is 3.82. The van der Waals surface area contributed by atoms with Crippen molar-refractivity contribution in [3.63, 3.8) is 0 Å². The second kappa shape index (κ2) is 4.92. The van der Waals surface area contributed by atoms with Gasteiger partial charge in [-0.15, -0.1) is 0 Å². The van der Waals surface area contributed by atoms with Crippen molar-refractivity contribution >= 4 is 6.09 Å². The summed E-state index contributed by atoms with van der Waals surface area (Å²) in [5, 5.41) is 2.63. The highest BCUT2D eigenvalue weighted by Crippen LogP contribution is 2.06. The Balaban J connectivity index is 2.40. The molecule has 1 heterocycles. The molecule has 5 heteroatoms. The van der Waals surface area contributed by atoms with Crippen LogP contribution in [0.15, 0.2) is 12.4 Å². The Labute approximate surface area is 95.3 Å². The first-order valence-electron chi connectivity index (χ1n) is 5.11. The largest absolute Gasteiger partial charge is 0.444 e. The van der Waals surface area contributed by atoms with Gasteiger partial charge in [-0.2, -0.15) is 0 Å². The number of amides is 1. The van der Waals surface area contributed by atoms with E-state index in [2.05, 4.69) is 15.3 Å². The van der Waals surface area contributed by atoms with Crippen LogP contribution in [0.2, 0.25) is 0 Å². The molecule has 0 aliphatic heterocycles. The van der Waals surface area contributed by atoms with Crippen molar-refractivity contribution < 1.29 is 9.53 Å². The lowest BCUT2D eigenvalue weighted by molar-refractivity contribution is 0.0523. The van der Waals surface area contributed by atoms with Crippen LogP contribution in [0, 0.1) is 6.92 Å². The van der Waals surface area contributed by atoms with E-state index in [1.807, 2.05) is 27.7 Å². The van der Waals surface area contributed by atoms with Crippen LogP contribution in [0.1, 0.15) is 32.2 Å². The molecule has 5 nitrogen and oxygen atoms in total. The first kappa shape index (κ1) is 12.4. The minimum absolute atomic E-state index is 0.370. The molecule has 88 valence electrons. The fourth-order valence-electron chi connectivity index (χ4n) is 0.999. The fourth-order valence-corrected chi connectivity index (χ4v) is 0.999. The van der Waals surface area contributed by atoms with E-state index in [4.69, 9.17) is 4.74 Å². The van der Waals surface area contributed by atoms with E-state index in [1.54, 1.807) is 12.4 Å². The number of carbonyl (C=O) groups is 1. The molecule has 1 aromatic rings. The summed E-state index contributed by atoms with van der Waals surface area (Å²) < 4.78 is 5.09. The number of nitrogens with one attached hydrogen (secondary N) is 1. The summed E-state index contributed by atoms with van der Waals surface area (Å²) in [4.78, 5) is 19.4. The average Bonchev–Trinajstić information content (AvgIpc) is 2.14. The number of aromatic nitrogens is 2. The van der Waals surface area contributed by atoms with Crippen molar-refractivity contribution in [3.05, 3.63) is 23.8 Å². The van der Waals surface area contributed by atoms with E-state index < -0.39 is 11.7 Å². The van der Waals surface area contributed by atoms with E-state index in [9.17, 15) is 4.79 Å². The maximum absolute atomic E-state index is 11.3. The van der Waals surface area contributed by atoms with Crippen molar-refractivity contribution in [1.82, 2.24) is 15.3 Å². The van der Waals surface area contributed by atoms with Crippen molar-refractivity contribution in [3.8, 4) is 0 Å². The minimum Gasteiger partial charge on any atom is -0.444 e. The van der Waals surface area contributed by atoms with Crippen LogP contribution in [0.4, 0.5) is 4.79 Å². The zero-order chi connectivity index (χ0) is 12.2. The number of rotatable bonds is 2. The quantitative estimate of drug-likeness (QED) is 0.830. The zero-order valence-electron chi connectivity index (χ0n) is 10.1. The van der Waals surface area contributed by atoms with Gasteiger partial charge >= 0.3 is 6.09 Å². The van der Waals surface area contributed by atoms with E-state index in [0.717, 1.165) is 5.56 Å². The lowest BCUT2D eigenvalue weighted by Crippen LogP contribution is -2.32. The molecular formula is C11H17N3O2.